The molecule has 0 aliphatic carbocycles. The number of anilines is 1. The van der Waals surface area contributed by atoms with Crippen molar-refractivity contribution >= 4 is 15.9 Å². The molecule has 0 unspecified atom stereocenters. The predicted octanol–water partition coefficient (Wildman–Crippen LogP) is 1.49. The molecule has 0 bridgehead atoms. The molecular formula is C15H25N3O2S. The third kappa shape index (κ3) is 3.22. The third-order valence-electron chi connectivity index (χ3n) is 4.04. The first-order chi connectivity index (χ1) is 9.87. The summed E-state index contributed by atoms with van der Waals surface area (Å²) in [6.45, 7) is 6.84. The lowest BCUT2D eigenvalue weighted by Gasteiger charge is -2.37. The van der Waals surface area contributed by atoms with Gasteiger partial charge in [-0.2, -0.15) is 17.0 Å². The highest BCUT2D eigenvalue weighted by Gasteiger charge is 2.29. The van der Waals surface area contributed by atoms with Crippen LogP contribution in [0.1, 0.15) is 18.1 Å². The Bertz CT molecular complexity index is 591. The zero-order chi connectivity index (χ0) is 15.6. The fourth-order valence-corrected chi connectivity index (χ4v) is 3.92. The van der Waals surface area contributed by atoms with E-state index in [1.165, 1.54) is 21.1 Å². The Labute approximate surface area is 128 Å². The maximum Gasteiger partial charge on any atom is 0.281 e. The molecule has 0 N–H and O–H groups in total. The van der Waals surface area contributed by atoms with E-state index >= 15 is 0 Å². The standard InChI is InChI=1S/C15H25N3O2S/c1-5-14-8-6-7-13(2)15(14)17-9-11-18(12-10-17)21(19,20)16(3)4/h6-8H,5,9-12H2,1-4H3. The van der Waals surface area contributed by atoms with Crippen molar-refractivity contribution in [2.24, 2.45) is 0 Å². The average Bonchev–Trinajstić information content (AvgIpc) is 2.47. The highest BCUT2D eigenvalue weighted by molar-refractivity contribution is 7.86. The van der Waals surface area contributed by atoms with Crippen LogP contribution < -0.4 is 4.90 Å². The van der Waals surface area contributed by atoms with Crippen molar-refractivity contribution in [1.82, 2.24) is 8.61 Å². The Balaban J connectivity index is 2.16. The summed E-state index contributed by atoms with van der Waals surface area (Å²) in [5.74, 6) is 0. The molecule has 0 spiro atoms. The molecule has 21 heavy (non-hydrogen) atoms. The molecule has 118 valence electrons. The Morgan fingerprint density at radius 1 is 1.14 bits per heavy atom. The maximum absolute atomic E-state index is 12.2. The third-order valence-corrected chi connectivity index (χ3v) is 5.99. The molecule has 5 nitrogen and oxygen atoms in total. The first kappa shape index (κ1) is 16.3. The van der Waals surface area contributed by atoms with Crippen molar-refractivity contribution in [3.63, 3.8) is 0 Å². The molecule has 6 heteroatoms. The van der Waals surface area contributed by atoms with Gasteiger partial charge in [0.05, 0.1) is 0 Å². The molecule has 1 saturated heterocycles. The van der Waals surface area contributed by atoms with Crippen LogP contribution in [0.5, 0.6) is 0 Å². The lowest BCUT2D eigenvalue weighted by molar-refractivity contribution is 0.355. The Morgan fingerprint density at radius 2 is 1.76 bits per heavy atom. The fourth-order valence-electron chi connectivity index (χ4n) is 2.83. The SMILES string of the molecule is CCc1cccc(C)c1N1CCN(S(=O)(=O)N(C)C)CC1. The zero-order valence-corrected chi connectivity index (χ0v) is 14.2. The molecule has 0 amide bonds. The molecule has 1 fully saturated rings. The second kappa shape index (κ2) is 6.34. The van der Waals surface area contributed by atoms with Crippen LogP contribution in [-0.4, -0.2) is 57.3 Å². The van der Waals surface area contributed by atoms with E-state index in [0.717, 1.165) is 19.5 Å². The van der Waals surface area contributed by atoms with E-state index in [1.54, 1.807) is 18.4 Å². The number of piperazine rings is 1. The van der Waals surface area contributed by atoms with Gasteiger partial charge in [-0.1, -0.05) is 25.1 Å². The molecule has 0 saturated carbocycles. The molecule has 1 aromatic carbocycles. The first-order valence-corrected chi connectivity index (χ1v) is 8.78. The van der Waals surface area contributed by atoms with Crippen molar-refractivity contribution in [1.29, 1.82) is 0 Å². The van der Waals surface area contributed by atoms with Gasteiger partial charge >= 0.3 is 0 Å². The maximum atomic E-state index is 12.2. The van der Waals surface area contributed by atoms with Gasteiger partial charge in [0, 0.05) is 46.0 Å². The van der Waals surface area contributed by atoms with E-state index in [9.17, 15) is 8.42 Å². The van der Waals surface area contributed by atoms with E-state index in [-0.39, 0.29) is 0 Å². The van der Waals surface area contributed by atoms with Crippen LogP contribution in [-0.2, 0) is 16.6 Å². The molecule has 0 radical (unpaired) electrons. The lowest BCUT2D eigenvalue weighted by Crippen LogP contribution is -2.52. The molecule has 0 aromatic heterocycles. The second-order valence-electron chi connectivity index (χ2n) is 5.61. The molecule has 1 aliphatic heterocycles. The normalized spacial score (nSPS) is 17.5. The minimum atomic E-state index is -3.29. The van der Waals surface area contributed by atoms with Crippen LogP contribution in [0.2, 0.25) is 0 Å². The number of hydrogen-bond donors (Lipinski definition) is 0. The van der Waals surface area contributed by atoms with Gasteiger partial charge in [0.15, 0.2) is 0 Å². The van der Waals surface area contributed by atoms with Crippen molar-refractivity contribution in [3.8, 4) is 0 Å². The topological polar surface area (TPSA) is 43.9 Å². The van der Waals surface area contributed by atoms with Gasteiger partial charge in [-0.3, -0.25) is 0 Å². The molecule has 2 rings (SSSR count). The molecule has 0 atom stereocenters. The van der Waals surface area contributed by atoms with Crippen molar-refractivity contribution in [2.45, 2.75) is 20.3 Å². The van der Waals surface area contributed by atoms with Crippen molar-refractivity contribution < 1.29 is 8.42 Å². The first-order valence-electron chi connectivity index (χ1n) is 7.39. The highest BCUT2D eigenvalue weighted by atomic mass is 32.2. The van der Waals surface area contributed by atoms with E-state index in [1.807, 2.05) is 0 Å². The van der Waals surface area contributed by atoms with Crippen molar-refractivity contribution in [2.75, 3.05) is 45.2 Å². The number of rotatable bonds is 4. The summed E-state index contributed by atoms with van der Waals surface area (Å²) in [4.78, 5) is 2.32. The van der Waals surface area contributed by atoms with E-state index in [4.69, 9.17) is 0 Å². The fraction of sp³-hybridized carbons (Fsp3) is 0.600. The quantitative estimate of drug-likeness (QED) is 0.846. The monoisotopic (exact) mass is 311 g/mol. The summed E-state index contributed by atoms with van der Waals surface area (Å²) in [5.41, 5.74) is 3.87. The minimum absolute atomic E-state index is 0.540. The molecule has 1 aromatic rings. The molecular weight excluding hydrogens is 286 g/mol. The summed E-state index contributed by atoms with van der Waals surface area (Å²) in [6, 6.07) is 6.37. The predicted molar refractivity (Wildman–Crippen MR) is 86.9 cm³/mol. The number of nitrogens with zero attached hydrogens (tertiary/aromatic N) is 3. The Hall–Kier alpha value is -1.11. The summed E-state index contributed by atoms with van der Waals surface area (Å²) in [7, 11) is -0.128. The van der Waals surface area contributed by atoms with Crippen LogP contribution in [0.4, 0.5) is 5.69 Å². The number of benzene rings is 1. The summed E-state index contributed by atoms with van der Waals surface area (Å²) in [6.07, 6.45) is 0.993. The van der Waals surface area contributed by atoms with Gasteiger partial charge in [-0.15, -0.1) is 0 Å². The van der Waals surface area contributed by atoms with Crippen LogP contribution in [0.3, 0.4) is 0 Å². The number of aryl methyl sites for hydroxylation is 2. The number of hydrogen-bond acceptors (Lipinski definition) is 3. The summed E-state index contributed by atoms with van der Waals surface area (Å²) < 4.78 is 27.2. The highest BCUT2D eigenvalue weighted by Crippen LogP contribution is 2.27. The van der Waals surface area contributed by atoms with E-state index in [0.29, 0.717) is 13.1 Å². The van der Waals surface area contributed by atoms with E-state index in [2.05, 4.69) is 36.9 Å². The van der Waals surface area contributed by atoms with Gasteiger partial charge in [0.2, 0.25) is 0 Å². The largest absolute Gasteiger partial charge is 0.368 e. The van der Waals surface area contributed by atoms with Crippen LogP contribution in [0.15, 0.2) is 18.2 Å². The molecule has 1 heterocycles. The summed E-state index contributed by atoms with van der Waals surface area (Å²) >= 11 is 0. The van der Waals surface area contributed by atoms with Crippen LogP contribution >= 0.6 is 0 Å². The Morgan fingerprint density at radius 3 is 2.29 bits per heavy atom. The van der Waals surface area contributed by atoms with Gasteiger partial charge in [0.25, 0.3) is 10.2 Å². The minimum Gasteiger partial charge on any atom is -0.368 e. The second-order valence-corrected chi connectivity index (χ2v) is 7.75. The molecule has 1 aliphatic rings. The summed E-state index contributed by atoms with van der Waals surface area (Å²) in [5, 5.41) is 0. The van der Waals surface area contributed by atoms with Gasteiger partial charge in [0.1, 0.15) is 0 Å². The van der Waals surface area contributed by atoms with Gasteiger partial charge < -0.3 is 4.90 Å². The average molecular weight is 311 g/mol. The lowest BCUT2D eigenvalue weighted by atomic mass is 10.0. The smallest absolute Gasteiger partial charge is 0.281 e. The van der Waals surface area contributed by atoms with Crippen LogP contribution in [0, 0.1) is 6.92 Å². The van der Waals surface area contributed by atoms with E-state index < -0.39 is 10.2 Å². The Kier molecular flexibility index (Phi) is 4.91. The number of para-hydroxylation sites is 1. The van der Waals surface area contributed by atoms with Crippen molar-refractivity contribution in [3.05, 3.63) is 29.3 Å². The van der Waals surface area contributed by atoms with Gasteiger partial charge in [-0.25, -0.2) is 0 Å². The van der Waals surface area contributed by atoms with Gasteiger partial charge in [-0.05, 0) is 24.5 Å². The van der Waals surface area contributed by atoms with Crippen LogP contribution in [0.25, 0.3) is 0 Å². The zero-order valence-electron chi connectivity index (χ0n) is 13.3.